The van der Waals surface area contributed by atoms with Gasteiger partial charge in [-0.25, -0.2) is 0 Å². The Morgan fingerprint density at radius 3 is 2.62 bits per heavy atom. The molecule has 2 aromatic heterocycles. The Balaban J connectivity index is 1.15. The topological polar surface area (TPSA) is 102 Å². The highest BCUT2D eigenvalue weighted by Crippen LogP contribution is 2.39. The summed E-state index contributed by atoms with van der Waals surface area (Å²) in [6.45, 7) is 2.41. The molecular weight excluding hydrogens is 370 g/mol. The van der Waals surface area contributed by atoms with Crippen molar-refractivity contribution >= 4 is 11.9 Å². The molecule has 0 radical (unpaired) electrons. The van der Waals surface area contributed by atoms with Crippen LogP contribution in [0.1, 0.15) is 47.8 Å². The van der Waals surface area contributed by atoms with Crippen molar-refractivity contribution in [2.24, 2.45) is 5.92 Å². The number of piperidine rings is 1. The van der Waals surface area contributed by atoms with Gasteiger partial charge < -0.3 is 14.7 Å². The molecule has 0 unspecified atom stereocenters. The van der Waals surface area contributed by atoms with Crippen molar-refractivity contribution in [2.45, 2.75) is 31.6 Å². The van der Waals surface area contributed by atoms with Gasteiger partial charge in [-0.2, -0.15) is 4.98 Å². The number of aromatic nitrogens is 5. The van der Waals surface area contributed by atoms with Crippen LogP contribution in [0.4, 0.5) is 5.95 Å². The van der Waals surface area contributed by atoms with Crippen LogP contribution in [0.3, 0.4) is 0 Å². The molecule has 1 N–H and O–H groups in total. The molecular formula is C20H23N7O2. The van der Waals surface area contributed by atoms with Crippen molar-refractivity contribution in [3.05, 3.63) is 48.4 Å². The van der Waals surface area contributed by atoms with Gasteiger partial charge in [-0.1, -0.05) is 12.1 Å². The van der Waals surface area contributed by atoms with Crippen molar-refractivity contribution in [1.82, 2.24) is 30.2 Å². The van der Waals surface area contributed by atoms with E-state index in [-0.39, 0.29) is 5.91 Å². The second-order valence-corrected chi connectivity index (χ2v) is 7.73. The number of benzene rings is 1. The van der Waals surface area contributed by atoms with Gasteiger partial charge in [0.05, 0.1) is 11.3 Å². The maximum atomic E-state index is 12.8. The number of nitrogens with one attached hydrogen (secondary N) is 1. The summed E-state index contributed by atoms with van der Waals surface area (Å²) in [5.74, 6) is 2.32. The summed E-state index contributed by atoms with van der Waals surface area (Å²) in [6.07, 6.45) is 7.47. The largest absolute Gasteiger partial charge is 0.352 e. The Morgan fingerprint density at radius 2 is 1.86 bits per heavy atom. The first-order chi connectivity index (χ1) is 14.3. The van der Waals surface area contributed by atoms with E-state index in [1.165, 1.54) is 0 Å². The molecule has 0 atom stereocenters. The smallest absolute Gasteiger partial charge is 0.266 e. The third kappa shape index (κ3) is 3.85. The lowest BCUT2D eigenvalue weighted by Crippen LogP contribution is -2.39. The van der Waals surface area contributed by atoms with E-state index in [2.05, 4.69) is 30.6 Å². The molecule has 1 amide bonds. The zero-order valence-corrected chi connectivity index (χ0v) is 16.1. The molecule has 1 aliphatic carbocycles. The number of hydrogen-bond donors (Lipinski definition) is 1. The van der Waals surface area contributed by atoms with Gasteiger partial charge >= 0.3 is 0 Å². The van der Waals surface area contributed by atoms with Crippen LogP contribution in [0.25, 0.3) is 5.69 Å². The molecule has 1 aromatic carbocycles. The summed E-state index contributed by atoms with van der Waals surface area (Å²) in [4.78, 5) is 19.5. The second kappa shape index (κ2) is 7.65. The van der Waals surface area contributed by atoms with Crippen LogP contribution in [-0.2, 0) is 0 Å². The normalized spacial score (nSPS) is 17.4. The lowest BCUT2D eigenvalue weighted by molar-refractivity contribution is 0.0945. The number of anilines is 1. The summed E-state index contributed by atoms with van der Waals surface area (Å²) >= 11 is 0. The molecule has 5 rings (SSSR count). The van der Waals surface area contributed by atoms with Crippen molar-refractivity contribution in [2.75, 3.05) is 24.5 Å². The highest BCUT2D eigenvalue weighted by atomic mass is 16.5. The average molecular weight is 393 g/mol. The van der Waals surface area contributed by atoms with Crippen LogP contribution in [0.2, 0.25) is 0 Å². The highest BCUT2D eigenvalue weighted by molar-refractivity contribution is 5.97. The molecule has 2 aliphatic rings. The minimum absolute atomic E-state index is 0.0797. The van der Waals surface area contributed by atoms with Crippen LogP contribution in [-0.4, -0.2) is 50.4 Å². The van der Waals surface area contributed by atoms with E-state index >= 15 is 0 Å². The molecule has 0 spiro atoms. The summed E-state index contributed by atoms with van der Waals surface area (Å²) in [6, 6.07) is 7.47. The third-order valence-corrected chi connectivity index (χ3v) is 5.65. The van der Waals surface area contributed by atoms with Gasteiger partial charge in [0.1, 0.15) is 12.7 Å². The first kappa shape index (κ1) is 17.8. The Morgan fingerprint density at radius 1 is 1.10 bits per heavy atom. The van der Waals surface area contributed by atoms with E-state index in [1.807, 2.05) is 24.3 Å². The average Bonchev–Trinajstić information content (AvgIpc) is 3.26. The number of carbonyl (C=O) groups excluding carboxylic acids is 1. The highest BCUT2D eigenvalue weighted by Gasteiger charge is 2.31. The van der Waals surface area contributed by atoms with Crippen LogP contribution >= 0.6 is 0 Å². The predicted molar refractivity (Wildman–Crippen MR) is 105 cm³/mol. The van der Waals surface area contributed by atoms with Gasteiger partial charge in [0.15, 0.2) is 0 Å². The Kier molecular flexibility index (Phi) is 4.71. The van der Waals surface area contributed by atoms with E-state index in [1.54, 1.807) is 17.2 Å². The number of carbonyl (C=O) groups is 1. The minimum atomic E-state index is -0.0797. The van der Waals surface area contributed by atoms with Crippen LogP contribution in [0.15, 0.2) is 41.4 Å². The summed E-state index contributed by atoms with van der Waals surface area (Å²) in [7, 11) is 0. The molecule has 9 nitrogen and oxygen atoms in total. The first-order valence-electron chi connectivity index (χ1n) is 10.1. The van der Waals surface area contributed by atoms with Crippen LogP contribution in [0, 0.1) is 5.92 Å². The molecule has 1 saturated carbocycles. The van der Waals surface area contributed by atoms with Crippen molar-refractivity contribution in [3.8, 4) is 5.69 Å². The Hall–Kier alpha value is -3.23. The molecule has 29 heavy (non-hydrogen) atoms. The van der Waals surface area contributed by atoms with Gasteiger partial charge in [-0.15, -0.1) is 10.2 Å². The Labute approximate surface area is 168 Å². The number of hydrogen-bond acceptors (Lipinski definition) is 7. The molecule has 2 fully saturated rings. The van der Waals surface area contributed by atoms with E-state index in [9.17, 15) is 4.79 Å². The maximum absolute atomic E-state index is 12.8. The minimum Gasteiger partial charge on any atom is -0.352 e. The number of amides is 1. The monoisotopic (exact) mass is 393 g/mol. The zero-order valence-electron chi connectivity index (χ0n) is 16.1. The molecule has 3 heterocycles. The van der Waals surface area contributed by atoms with E-state index in [0.29, 0.717) is 29.9 Å². The van der Waals surface area contributed by atoms with Crippen LogP contribution in [0.5, 0.6) is 0 Å². The first-order valence-corrected chi connectivity index (χ1v) is 10.1. The standard InChI is InChI=1S/C20H23N7O2/c28-18(16-3-1-2-4-17(16)27-12-22-23-13-27)21-11-14-7-9-26(10-8-14)20-24-19(29-25-20)15-5-6-15/h1-4,12-15H,5-11H2,(H,21,28). The number of rotatable bonds is 6. The number of nitrogens with zero attached hydrogens (tertiary/aromatic N) is 6. The van der Waals surface area contributed by atoms with Gasteiger partial charge in [0.25, 0.3) is 11.9 Å². The lowest BCUT2D eigenvalue weighted by Gasteiger charge is -2.31. The van der Waals surface area contributed by atoms with Gasteiger partial charge in [-0.05, 0) is 48.9 Å². The fourth-order valence-electron chi connectivity index (χ4n) is 3.74. The summed E-state index contributed by atoms with van der Waals surface area (Å²) in [5.41, 5.74) is 1.39. The van der Waals surface area contributed by atoms with E-state index in [4.69, 9.17) is 4.52 Å². The molecule has 0 bridgehead atoms. The number of para-hydroxylation sites is 1. The van der Waals surface area contributed by atoms with E-state index in [0.717, 1.165) is 50.4 Å². The quantitative estimate of drug-likeness (QED) is 0.685. The zero-order chi connectivity index (χ0) is 19.6. The summed E-state index contributed by atoms with van der Waals surface area (Å²) < 4.78 is 7.11. The Bertz CT molecular complexity index is 972. The lowest BCUT2D eigenvalue weighted by atomic mass is 9.97. The van der Waals surface area contributed by atoms with Crippen LogP contribution < -0.4 is 10.2 Å². The van der Waals surface area contributed by atoms with Gasteiger partial charge in [0, 0.05) is 25.6 Å². The SMILES string of the molecule is O=C(NCC1CCN(c2noc(C3CC3)n2)CC1)c1ccccc1-n1cnnc1. The molecule has 150 valence electrons. The van der Waals surface area contributed by atoms with Crippen molar-refractivity contribution < 1.29 is 9.32 Å². The maximum Gasteiger partial charge on any atom is 0.266 e. The molecule has 1 aliphatic heterocycles. The van der Waals surface area contributed by atoms with E-state index < -0.39 is 0 Å². The summed E-state index contributed by atoms with van der Waals surface area (Å²) in [5, 5.41) is 14.9. The molecule has 9 heteroatoms. The fourth-order valence-corrected chi connectivity index (χ4v) is 3.74. The second-order valence-electron chi connectivity index (χ2n) is 7.73. The molecule has 3 aromatic rings. The predicted octanol–water partition coefficient (Wildman–Crippen LogP) is 2.17. The third-order valence-electron chi connectivity index (χ3n) is 5.65. The van der Waals surface area contributed by atoms with Crippen molar-refractivity contribution in [1.29, 1.82) is 0 Å². The van der Waals surface area contributed by atoms with Gasteiger partial charge in [-0.3, -0.25) is 9.36 Å². The van der Waals surface area contributed by atoms with Crippen molar-refractivity contribution in [3.63, 3.8) is 0 Å². The molecule has 1 saturated heterocycles. The van der Waals surface area contributed by atoms with Gasteiger partial charge in [0.2, 0.25) is 5.89 Å². The fraction of sp³-hybridized carbons (Fsp3) is 0.450.